The zero-order valence-corrected chi connectivity index (χ0v) is 10.5. The Morgan fingerprint density at radius 3 is 2.59 bits per heavy atom. The minimum absolute atomic E-state index is 0.827. The summed E-state index contributed by atoms with van der Waals surface area (Å²) < 4.78 is 5.87. The Morgan fingerprint density at radius 1 is 0.882 bits per heavy atom. The molecule has 0 unspecified atom stereocenters. The van der Waals surface area contributed by atoms with Crippen LogP contribution in [0.5, 0.6) is 5.75 Å². The van der Waals surface area contributed by atoms with Crippen LogP contribution in [0.1, 0.15) is 32.6 Å². The lowest BCUT2D eigenvalue weighted by Crippen LogP contribution is -1.97. The first-order chi connectivity index (χ1) is 8.42. The predicted molar refractivity (Wildman–Crippen MR) is 73.6 cm³/mol. The molecular formula is C16H20O. The Labute approximate surface area is 103 Å². The maximum Gasteiger partial charge on any atom is 0.127 e. The molecule has 0 heterocycles. The van der Waals surface area contributed by atoms with E-state index >= 15 is 0 Å². The molecule has 0 fully saturated rings. The predicted octanol–water partition coefficient (Wildman–Crippen LogP) is 4.80. The Bertz CT molecular complexity index is 457. The highest BCUT2D eigenvalue weighted by atomic mass is 16.5. The fourth-order valence-corrected chi connectivity index (χ4v) is 2.03. The highest BCUT2D eigenvalue weighted by Crippen LogP contribution is 2.25. The molecule has 2 rings (SSSR count). The van der Waals surface area contributed by atoms with Crippen LogP contribution in [0.3, 0.4) is 0 Å². The number of hydrogen-bond acceptors (Lipinski definition) is 1. The van der Waals surface area contributed by atoms with Crippen LogP contribution in [0, 0.1) is 0 Å². The molecule has 0 bridgehead atoms. The topological polar surface area (TPSA) is 9.23 Å². The average Bonchev–Trinajstić information content (AvgIpc) is 2.39. The number of ether oxygens (including phenoxy) is 1. The van der Waals surface area contributed by atoms with Gasteiger partial charge in [-0.05, 0) is 17.9 Å². The largest absolute Gasteiger partial charge is 0.493 e. The fraction of sp³-hybridized carbons (Fsp3) is 0.375. The molecule has 2 aromatic rings. The van der Waals surface area contributed by atoms with Crippen molar-refractivity contribution in [3.8, 4) is 5.75 Å². The Hall–Kier alpha value is -1.50. The lowest BCUT2D eigenvalue weighted by atomic mass is 10.1. The van der Waals surface area contributed by atoms with Gasteiger partial charge in [0.2, 0.25) is 0 Å². The molecule has 90 valence electrons. The SMILES string of the molecule is CCCCCCOc1cccc2ccccc12. The fourth-order valence-electron chi connectivity index (χ4n) is 2.03. The van der Waals surface area contributed by atoms with Crippen LogP contribution in [-0.2, 0) is 0 Å². The van der Waals surface area contributed by atoms with Gasteiger partial charge in [-0.1, -0.05) is 62.6 Å². The van der Waals surface area contributed by atoms with Crippen molar-refractivity contribution in [3.05, 3.63) is 42.5 Å². The molecule has 1 heteroatoms. The van der Waals surface area contributed by atoms with E-state index in [1.54, 1.807) is 0 Å². The number of unbranched alkanes of at least 4 members (excludes halogenated alkanes) is 3. The zero-order valence-electron chi connectivity index (χ0n) is 10.5. The Morgan fingerprint density at radius 2 is 1.71 bits per heavy atom. The van der Waals surface area contributed by atoms with E-state index in [0.29, 0.717) is 0 Å². The van der Waals surface area contributed by atoms with Gasteiger partial charge < -0.3 is 4.74 Å². The third-order valence-corrected chi connectivity index (χ3v) is 3.01. The average molecular weight is 228 g/mol. The van der Waals surface area contributed by atoms with Gasteiger partial charge in [-0.2, -0.15) is 0 Å². The summed E-state index contributed by atoms with van der Waals surface area (Å²) in [7, 11) is 0. The van der Waals surface area contributed by atoms with Gasteiger partial charge in [0.1, 0.15) is 5.75 Å². The van der Waals surface area contributed by atoms with Crippen molar-refractivity contribution in [1.29, 1.82) is 0 Å². The van der Waals surface area contributed by atoms with Gasteiger partial charge in [-0.25, -0.2) is 0 Å². The molecule has 0 N–H and O–H groups in total. The van der Waals surface area contributed by atoms with Crippen molar-refractivity contribution in [3.63, 3.8) is 0 Å². The molecule has 0 saturated heterocycles. The van der Waals surface area contributed by atoms with E-state index in [1.165, 1.54) is 30.0 Å². The highest BCUT2D eigenvalue weighted by Gasteiger charge is 2.00. The number of fused-ring (bicyclic) bond motifs is 1. The van der Waals surface area contributed by atoms with E-state index in [1.807, 2.05) is 0 Å². The van der Waals surface area contributed by atoms with E-state index in [4.69, 9.17) is 4.74 Å². The van der Waals surface area contributed by atoms with Gasteiger partial charge in [0.05, 0.1) is 6.61 Å². The summed E-state index contributed by atoms with van der Waals surface area (Å²) in [4.78, 5) is 0. The number of benzene rings is 2. The summed E-state index contributed by atoms with van der Waals surface area (Å²) in [5.74, 6) is 1.01. The third-order valence-electron chi connectivity index (χ3n) is 3.01. The van der Waals surface area contributed by atoms with Crippen molar-refractivity contribution in [2.24, 2.45) is 0 Å². The second kappa shape index (κ2) is 6.29. The standard InChI is InChI=1S/C16H20O/c1-2-3-4-7-13-17-16-12-8-10-14-9-5-6-11-15(14)16/h5-6,8-12H,2-4,7,13H2,1H3. The lowest BCUT2D eigenvalue weighted by molar-refractivity contribution is 0.308. The summed E-state index contributed by atoms with van der Waals surface area (Å²) in [5.41, 5.74) is 0. The molecular weight excluding hydrogens is 208 g/mol. The molecule has 17 heavy (non-hydrogen) atoms. The van der Waals surface area contributed by atoms with E-state index in [2.05, 4.69) is 49.4 Å². The highest BCUT2D eigenvalue weighted by molar-refractivity contribution is 5.88. The molecule has 0 amide bonds. The van der Waals surface area contributed by atoms with Gasteiger partial charge in [-0.3, -0.25) is 0 Å². The molecule has 0 aliphatic rings. The summed E-state index contributed by atoms with van der Waals surface area (Å²) in [5, 5.41) is 2.46. The van der Waals surface area contributed by atoms with Crippen LogP contribution in [0.25, 0.3) is 10.8 Å². The van der Waals surface area contributed by atoms with Gasteiger partial charge in [0, 0.05) is 5.39 Å². The normalized spacial score (nSPS) is 10.6. The molecule has 2 aromatic carbocycles. The van der Waals surface area contributed by atoms with Crippen molar-refractivity contribution >= 4 is 10.8 Å². The smallest absolute Gasteiger partial charge is 0.127 e. The molecule has 0 radical (unpaired) electrons. The monoisotopic (exact) mass is 228 g/mol. The van der Waals surface area contributed by atoms with Crippen LogP contribution in [-0.4, -0.2) is 6.61 Å². The summed E-state index contributed by atoms with van der Waals surface area (Å²) in [6.45, 7) is 3.06. The first-order valence-corrected chi connectivity index (χ1v) is 6.52. The van der Waals surface area contributed by atoms with Gasteiger partial charge in [0.25, 0.3) is 0 Å². The van der Waals surface area contributed by atoms with Crippen molar-refractivity contribution in [1.82, 2.24) is 0 Å². The minimum atomic E-state index is 0.827. The lowest BCUT2D eigenvalue weighted by Gasteiger charge is -2.08. The first kappa shape index (κ1) is 12.0. The second-order valence-electron chi connectivity index (χ2n) is 4.39. The van der Waals surface area contributed by atoms with Crippen molar-refractivity contribution in [2.75, 3.05) is 6.61 Å². The zero-order chi connectivity index (χ0) is 11.9. The van der Waals surface area contributed by atoms with E-state index in [-0.39, 0.29) is 0 Å². The Kier molecular flexibility index (Phi) is 4.43. The Balaban J connectivity index is 1.98. The van der Waals surface area contributed by atoms with E-state index in [0.717, 1.165) is 18.8 Å². The van der Waals surface area contributed by atoms with Crippen LogP contribution < -0.4 is 4.74 Å². The summed E-state index contributed by atoms with van der Waals surface area (Å²) in [6.07, 6.45) is 4.99. The van der Waals surface area contributed by atoms with Crippen LogP contribution in [0.4, 0.5) is 0 Å². The molecule has 0 atom stereocenters. The minimum Gasteiger partial charge on any atom is -0.493 e. The van der Waals surface area contributed by atoms with Gasteiger partial charge in [0.15, 0.2) is 0 Å². The number of hydrogen-bond donors (Lipinski definition) is 0. The second-order valence-corrected chi connectivity index (χ2v) is 4.39. The van der Waals surface area contributed by atoms with E-state index < -0.39 is 0 Å². The van der Waals surface area contributed by atoms with Crippen LogP contribution in [0.2, 0.25) is 0 Å². The molecule has 0 spiro atoms. The van der Waals surface area contributed by atoms with Gasteiger partial charge >= 0.3 is 0 Å². The molecule has 0 aliphatic heterocycles. The molecule has 0 aliphatic carbocycles. The number of rotatable bonds is 6. The van der Waals surface area contributed by atoms with Gasteiger partial charge in [-0.15, -0.1) is 0 Å². The third kappa shape index (κ3) is 3.23. The maximum atomic E-state index is 5.87. The summed E-state index contributed by atoms with van der Waals surface area (Å²) in [6, 6.07) is 14.6. The van der Waals surface area contributed by atoms with Crippen molar-refractivity contribution < 1.29 is 4.74 Å². The first-order valence-electron chi connectivity index (χ1n) is 6.52. The van der Waals surface area contributed by atoms with E-state index in [9.17, 15) is 0 Å². The summed E-state index contributed by atoms with van der Waals surface area (Å²) >= 11 is 0. The quantitative estimate of drug-likeness (QED) is 0.645. The maximum absolute atomic E-state index is 5.87. The molecule has 0 aromatic heterocycles. The van der Waals surface area contributed by atoms with Crippen molar-refractivity contribution in [2.45, 2.75) is 32.6 Å². The van der Waals surface area contributed by atoms with Crippen LogP contribution >= 0.6 is 0 Å². The molecule has 0 saturated carbocycles. The van der Waals surface area contributed by atoms with Crippen LogP contribution in [0.15, 0.2) is 42.5 Å². The molecule has 1 nitrogen and oxygen atoms in total.